The van der Waals surface area contributed by atoms with Crippen molar-refractivity contribution in [1.82, 2.24) is 24.7 Å². The van der Waals surface area contributed by atoms with Crippen molar-refractivity contribution in [2.75, 3.05) is 124 Å². The molecule has 0 saturated heterocycles. The summed E-state index contributed by atoms with van der Waals surface area (Å²) in [6.45, 7) is 8.15. The van der Waals surface area contributed by atoms with Gasteiger partial charge in [0, 0.05) is 36.4 Å². The Morgan fingerprint density at radius 2 is 1.30 bits per heavy atom. The number of carbonyl (C=O) groups is 1. The Bertz CT molecular complexity index is 1750. The molecule has 0 atom stereocenters. The molecular weight excluding hydrogens is 732 g/mol. The minimum absolute atomic E-state index is 0.100. The number of nitrogens with two attached hydrogens (primary N) is 2. The molecule has 308 valence electrons. The third-order valence-electron chi connectivity index (χ3n) is 8.09. The highest BCUT2D eigenvalue weighted by Crippen LogP contribution is 2.32. The van der Waals surface area contributed by atoms with E-state index in [2.05, 4.69) is 25.0 Å². The Labute approximate surface area is 325 Å². The number of unbranched alkanes of at least 4 members (excludes halogenated alkanes) is 2. The summed E-state index contributed by atoms with van der Waals surface area (Å²) in [7, 11) is 0. The first-order chi connectivity index (χ1) is 27.6. The molecule has 20 nitrogen and oxygen atoms in total. The molecule has 0 radical (unpaired) electrons. The Hall–Kier alpha value is -4.50. The fraction of sp³-hybridized carbons (Fsp3) is 0.639. The molecule has 0 aliphatic rings. The number of ether oxygens (including phenoxy) is 8. The van der Waals surface area contributed by atoms with Crippen molar-refractivity contribution in [2.24, 2.45) is 5.11 Å². The van der Waals surface area contributed by atoms with Gasteiger partial charge in [-0.3, -0.25) is 4.79 Å². The van der Waals surface area contributed by atoms with Crippen LogP contribution in [0.5, 0.6) is 0 Å². The van der Waals surface area contributed by atoms with Crippen LogP contribution in [0.1, 0.15) is 32.1 Å². The Kier molecular flexibility index (Phi) is 21.4. The van der Waals surface area contributed by atoms with Gasteiger partial charge in [0.05, 0.1) is 111 Å². The van der Waals surface area contributed by atoms with Gasteiger partial charge >= 0.3 is 0 Å². The molecule has 3 heterocycles. The molecule has 0 spiro atoms. The zero-order valence-electron chi connectivity index (χ0n) is 31.9. The summed E-state index contributed by atoms with van der Waals surface area (Å²) >= 11 is 0. The number of ketones is 1. The zero-order chi connectivity index (χ0) is 39.5. The molecule has 0 unspecified atom stereocenters. The number of nitrogen functional groups attached to an aromatic ring is 2. The lowest BCUT2D eigenvalue weighted by Gasteiger charge is -2.08. The molecule has 1 aromatic carbocycles. The first kappa shape index (κ1) is 44.2. The highest BCUT2D eigenvalue weighted by molar-refractivity contribution is 5.99. The summed E-state index contributed by atoms with van der Waals surface area (Å²) in [6, 6.07) is 5.63. The molecule has 3 aromatic heterocycles. The average Bonchev–Trinajstić information content (AvgIpc) is 3.77. The highest BCUT2D eigenvalue weighted by atomic mass is 16.6. The van der Waals surface area contributed by atoms with Gasteiger partial charge in [-0.1, -0.05) is 11.5 Å². The second kappa shape index (κ2) is 27.2. The number of benzene rings is 1. The molecule has 20 heteroatoms. The summed E-state index contributed by atoms with van der Waals surface area (Å²) < 4.78 is 50.8. The van der Waals surface area contributed by atoms with Gasteiger partial charge in [0.1, 0.15) is 29.1 Å². The van der Waals surface area contributed by atoms with Crippen molar-refractivity contribution in [1.29, 1.82) is 0 Å². The average molecular weight is 787 g/mol. The number of fused-ring (bicyclic) bond motifs is 2. The van der Waals surface area contributed by atoms with Gasteiger partial charge in [-0.15, -0.1) is 0 Å². The summed E-state index contributed by atoms with van der Waals surface area (Å²) in [5.74, 6) is 0.525. The molecule has 4 rings (SSSR count). The SMILES string of the molecule is [N-]=[N+]=NCCOCCOCCOCCOCCOCCOCCOCCOCCC(=O)CCCCCn1nc(-c2ccc3oc(N)nc3c2)c2c(N)ncnc21. The Morgan fingerprint density at radius 1 is 0.732 bits per heavy atom. The van der Waals surface area contributed by atoms with Crippen LogP contribution in [0.15, 0.2) is 34.1 Å². The summed E-state index contributed by atoms with van der Waals surface area (Å²) in [6.07, 6.45) is 4.78. The summed E-state index contributed by atoms with van der Waals surface area (Å²) in [5.41, 5.74) is 23.4. The maximum atomic E-state index is 12.4. The summed E-state index contributed by atoms with van der Waals surface area (Å²) in [4.78, 5) is 27.8. The normalized spacial score (nSPS) is 11.5. The molecule has 0 fully saturated rings. The van der Waals surface area contributed by atoms with E-state index >= 15 is 0 Å². The smallest absolute Gasteiger partial charge is 0.292 e. The monoisotopic (exact) mass is 786 g/mol. The van der Waals surface area contributed by atoms with Gasteiger partial charge in [0.2, 0.25) is 0 Å². The number of oxazole rings is 1. The number of rotatable bonds is 34. The fourth-order valence-corrected chi connectivity index (χ4v) is 5.34. The molecule has 0 aliphatic carbocycles. The topological polar surface area (TPSA) is 261 Å². The number of anilines is 2. The minimum atomic E-state index is 0.100. The lowest BCUT2D eigenvalue weighted by atomic mass is 10.1. The Balaban J connectivity index is 0.898. The maximum Gasteiger partial charge on any atom is 0.292 e. The number of hydrogen-bond donors (Lipinski definition) is 2. The van der Waals surface area contributed by atoms with Crippen LogP contribution >= 0.6 is 0 Å². The minimum Gasteiger partial charge on any atom is -0.424 e. The van der Waals surface area contributed by atoms with E-state index in [1.807, 2.05) is 16.8 Å². The lowest BCUT2D eigenvalue weighted by molar-refractivity contribution is -0.120. The van der Waals surface area contributed by atoms with Gasteiger partial charge in [0.25, 0.3) is 6.01 Å². The molecule has 56 heavy (non-hydrogen) atoms. The van der Waals surface area contributed by atoms with E-state index < -0.39 is 0 Å². The van der Waals surface area contributed by atoms with Crippen LogP contribution in [-0.2, 0) is 49.2 Å². The molecule has 0 amide bonds. The van der Waals surface area contributed by atoms with Crippen molar-refractivity contribution in [3.05, 3.63) is 35.0 Å². The van der Waals surface area contributed by atoms with Crippen LogP contribution in [0.25, 0.3) is 43.8 Å². The van der Waals surface area contributed by atoms with E-state index in [4.69, 9.17) is 64.4 Å². The number of azide groups is 1. The number of nitrogens with zero attached hydrogens (tertiary/aromatic N) is 8. The Morgan fingerprint density at radius 3 is 1.89 bits per heavy atom. The molecule has 4 aromatic rings. The quantitative estimate of drug-likeness (QED) is 0.0295. The van der Waals surface area contributed by atoms with Crippen LogP contribution in [0, 0.1) is 0 Å². The number of Topliss-reactive ketones (excluding diaryl/α,β-unsaturated/α-hetero) is 1. The van der Waals surface area contributed by atoms with Crippen molar-refractivity contribution >= 4 is 39.7 Å². The second-order valence-corrected chi connectivity index (χ2v) is 12.2. The van der Waals surface area contributed by atoms with E-state index in [-0.39, 0.29) is 11.8 Å². The molecule has 0 aliphatic heterocycles. The van der Waals surface area contributed by atoms with Gasteiger partial charge < -0.3 is 53.8 Å². The fourth-order valence-electron chi connectivity index (χ4n) is 5.34. The van der Waals surface area contributed by atoms with Crippen LogP contribution in [0.3, 0.4) is 0 Å². The van der Waals surface area contributed by atoms with Crippen molar-refractivity contribution < 1.29 is 47.1 Å². The van der Waals surface area contributed by atoms with E-state index in [0.29, 0.717) is 165 Å². The standard InChI is InChI=1S/C36H54N10O10/c37-34-32-33(28-5-6-31-30(26-28)43-36(38)56-31)44-46(35(32)41-27-40-34)9-3-1-2-4-29(47)7-10-48-12-14-50-16-18-52-20-22-54-24-25-55-23-21-53-19-17-51-15-13-49-11-8-42-45-39/h5-6,26-27H,1-4,7-25H2,(H2,38,43)(H2,37,40,41). The largest absolute Gasteiger partial charge is 0.424 e. The van der Waals surface area contributed by atoms with Gasteiger partial charge in [-0.25, -0.2) is 14.6 Å². The van der Waals surface area contributed by atoms with Crippen LogP contribution in [-0.4, -0.2) is 143 Å². The third kappa shape index (κ3) is 16.7. The first-order valence-electron chi connectivity index (χ1n) is 18.8. The third-order valence-corrected chi connectivity index (χ3v) is 8.09. The predicted octanol–water partition coefficient (Wildman–Crippen LogP) is 3.76. The van der Waals surface area contributed by atoms with E-state index in [0.717, 1.165) is 24.8 Å². The van der Waals surface area contributed by atoms with Gasteiger partial charge in [0.15, 0.2) is 11.2 Å². The van der Waals surface area contributed by atoms with Gasteiger partial charge in [-0.2, -0.15) is 10.1 Å². The number of aryl methyl sites for hydroxylation is 1. The van der Waals surface area contributed by atoms with Crippen molar-refractivity contribution in [3.63, 3.8) is 0 Å². The lowest BCUT2D eigenvalue weighted by Crippen LogP contribution is -2.15. The second-order valence-electron chi connectivity index (χ2n) is 12.2. The number of aromatic nitrogens is 5. The first-order valence-corrected chi connectivity index (χ1v) is 18.8. The predicted molar refractivity (Wildman–Crippen MR) is 206 cm³/mol. The number of hydrogen-bond acceptors (Lipinski definition) is 17. The molecule has 0 saturated carbocycles. The van der Waals surface area contributed by atoms with E-state index in [1.165, 1.54) is 6.33 Å². The van der Waals surface area contributed by atoms with Gasteiger partial charge in [-0.05, 0) is 36.6 Å². The molecule has 4 N–H and O–H groups in total. The van der Waals surface area contributed by atoms with E-state index in [9.17, 15) is 4.79 Å². The van der Waals surface area contributed by atoms with Crippen molar-refractivity contribution in [2.45, 2.75) is 38.6 Å². The van der Waals surface area contributed by atoms with Crippen LogP contribution in [0.2, 0.25) is 0 Å². The van der Waals surface area contributed by atoms with E-state index in [1.54, 1.807) is 6.07 Å². The maximum absolute atomic E-state index is 12.4. The number of carbonyl (C=O) groups excluding carboxylic acids is 1. The summed E-state index contributed by atoms with van der Waals surface area (Å²) in [5, 5.41) is 8.87. The highest BCUT2D eigenvalue weighted by Gasteiger charge is 2.18. The molecule has 0 bridgehead atoms. The van der Waals surface area contributed by atoms with Crippen LogP contribution < -0.4 is 11.5 Å². The van der Waals surface area contributed by atoms with Crippen LogP contribution in [0.4, 0.5) is 11.8 Å². The zero-order valence-corrected chi connectivity index (χ0v) is 31.9. The van der Waals surface area contributed by atoms with Crippen molar-refractivity contribution in [3.8, 4) is 11.3 Å². The molecular formula is C36H54N10O10.